The summed E-state index contributed by atoms with van der Waals surface area (Å²) in [6.07, 6.45) is 0. The van der Waals surface area contributed by atoms with Crippen molar-refractivity contribution in [1.29, 1.82) is 0 Å². The molecule has 1 aromatic carbocycles. The fraction of sp³-hybridized carbons (Fsp3) is 0.273. The Balaban J connectivity index is 2.45. The summed E-state index contributed by atoms with van der Waals surface area (Å²) >= 11 is 7.85. The molecule has 0 aliphatic carbocycles. The number of fused-ring (bicyclic) bond motifs is 1. The molecule has 3 heteroatoms. The highest BCUT2D eigenvalue weighted by atomic mass is 35.5. The quantitative estimate of drug-likeness (QED) is 0.766. The number of benzene rings is 1. The van der Waals surface area contributed by atoms with Crippen LogP contribution in [0, 0.1) is 0 Å². The van der Waals surface area contributed by atoms with Gasteiger partial charge in [0.05, 0.1) is 6.61 Å². The van der Waals surface area contributed by atoms with Crippen molar-refractivity contribution in [1.82, 2.24) is 0 Å². The minimum atomic E-state index is 0.653. The largest absolute Gasteiger partial charge is 0.377 e. The highest BCUT2D eigenvalue weighted by molar-refractivity contribution is 7.17. The normalized spacial score (nSPS) is 11.0. The molecule has 1 heterocycles. The summed E-state index contributed by atoms with van der Waals surface area (Å²) in [6.45, 7) is 3.39. The molecule has 0 radical (unpaired) electrons. The first-order valence-electron chi connectivity index (χ1n) is 4.55. The average Bonchev–Trinajstić information content (AvgIpc) is 2.59. The van der Waals surface area contributed by atoms with Crippen molar-refractivity contribution in [3.63, 3.8) is 0 Å². The maximum atomic E-state index is 6.13. The van der Waals surface area contributed by atoms with Gasteiger partial charge < -0.3 is 4.74 Å². The Hall–Kier alpha value is -0.570. The smallest absolute Gasteiger partial charge is 0.0731 e. The molecule has 0 aliphatic rings. The first kappa shape index (κ1) is 9.97. The molecule has 0 aliphatic heterocycles. The van der Waals surface area contributed by atoms with E-state index in [9.17, 15) is 0 Å². The van der Waals surface area contributed by atoms with Crippen LogP contribution in [0.2, 0.25) is 5.02 Å². The molecular weight excluding hydrogens is 216 g/mol. The number of hydrogen-bond acceptors (Lipinski definition) is 2. The summed E-state index contributed by atoms with van der Waals surface area (Å²) in [4.78, 5) is 0. The molecule has 0 saturated carbocycles. The van der Waals surface area contributed by atoms with Crippen LogP contribution < -0.4 is 0 Å². The Kier molecular flexibility index (Phi) is 3.06. The summed E-state index contributed by atoms with van der Waals surface area (Å²) in [5.41, 5.74) is 1.19. The van der Waals surface area contributed by atoms with E-state index in [2.05, 4.69) is 11.4 Å². The van der Waals surface area contributed by atoms with E-state index in [4.69, 9.17) is 16.3 Å². The van der Waals surface area contributed by atoms with Gasteiger partial charge in [-0.25, -0.2) is 0 Å². The standard InChI is InChI=1S/C11H11ClOS/c1-2-13-6-8-7-14-10-5-3-4-9(12)11(8)10/h3-5,7H,2,6H2,1H3. The van der Waals surface area contributed by atoms with Gasteiger partial charge in [0, 0.05) is 21.7 Å². The predicted molar refractivity (Wildman–Crippen MR) is 62.2 cm³/mol. The molecule has 0 saturated heterocycles. The van der Waals surface area contributed by atoms with Crippen LogP contribution in [0.1, 0.15) is 12.5 Å². The Bertz CT molecular complexity index is 436. The summed E-state index contributed by atoms with van der Waals surface area (Å²) in [5, 5.41) is 4.08. The van der Waals surface area contributed by atoms with Crippen LogP contribution in [0.4, 0.5) is 0 Å². The molecule has 0 N–H and O–H groups in total. The SMILES string of the molecule is CCOCc1csc2cccc(Cl)c12. The molecule has 0 bridgehead atoms. The van der Waals surface area contributed by atoms with Gasteiger partial charge in [-0.05, 0) is 30.0 Å². The van der Waals surface area contributed by atoms with Crippen LogP contribution in [-0.2, 0) is 11.3 Å². The third-order valence-electron chi connectivity index (χ3n) is 2.09. The van der Waals surface area contributed by atoms with Crippen molar-refractivity contribution in [2.75, 3.05) is 6.61 Å². The molecule has 0 atom stereocenters. The monoisotopic (exact) mass is 226 g/mol. The number of thiophene rings is 1. The lowest BCUT2D eigenvalue weighted by molar-refractivity contribution is 0.135. The van der Waals surface area contributed by atoms with E-state index in [0.717, 1.165) is 17.0 Å². The second-order valence-electron chi connectivity index (χ2n) is 3.01. The lowest BCUT2D eigenvalue weighted by Gasteiger charge is -2.00. The zero-order valence-corrected chi connectivity index (χ0v) is 9.49. The number of rotatable bonds is 3. The minimum absolute atomic E-state index is 0.653. The third kappa shape index (κ3) is 1.78. The van der Waals surface area contributed by atoms with Gasteiger partial charge in [0.15, 0.2) is 0 Å². The zero-order chi connectivity index (χ0) is 9.97. The topological polar surface area (TPSA) is 9.23 Å². The molecule has 0 fully saturated rings. The first-order valence-corrected chi connectivity index (χ1v) is 5.81. The van der Waals surface area contributed by atoms with E-state index in [1.165, 1.54) is 10.3 Å². The highest BCUT2D eigenvalue weighted by Crippen LogP contribution is 2.32. The van der Waals surface area contributed by atoms with Gasteiger partial charge in [-0.2, -0.15) is 0 Å². The lowest BCUT2D eigenvalue weighted by Crippen LogP contribution is -1.90. The Morgan fingerprint density at radius 3 is 3.07 bits per heavy atom. The Morgan fingerprint density at radius 2 is 2.29 bits per heavy atom. The number of ether oxygens (including phenoxy) is 1. The molecule has 1 nitrogen and oxygen atoms in total. The predicted octanol–water partition coefficient (Wildman–Crippen LogP) is 4.09. The van der Waals surface area contributed by atoms with Crippen molar-refractivity contribution in [2.24, 2.45) is 0 Å². The molecule has 2 rings (SSSR count). The third-order valence-corrected chi connectivity index (χ3v) is 3.40. The minimum Gasteiger partial charge on any atom is -0.377 e. The van der Waals surface area contributed by atoms with Crippen molar-refractivity contribution in [2.45, 2.75) is 13.5 Å². The second kappa shape index (κ2) is 4.30. The van der Waals surface area contributed by atoms with Gasteiger partial charge in [-0.15, -0.1) is 11.3 Å². The van der Waals surface area contributed by atoms with E-state index in [-0.39, 0.29) is 0 Å². The Labute approximate surface area is 92.3 Å². The fourth-order valence-electron chi connectivity index (χ4n) is 1.43. The summed E-state index contributed by atoms with van der Waals surface area (Å²) in [6, 6.07) is 5.99. The van der Waals surface area contributed by atoms with Crippen molar-refractivity contribution < 1.29 is 4.74 Å². The molecule has 0 spiro atoms. The van der Waals surface area contributed by atoms with Crippen molar-refractivity contribution in [3.05, 3.63) is 34.2 Å². The van der Waals surface area contributed by atoms with Crippen LogP contribution in [0.25, 0.3) is 10.1 Å². The van der Waals surface area contributed by atoms with E-state index in [1.807, 2.05) is 19.1 Å². The van der Waals surface area contributed by atoms with Crippen LogP contribution in [0.3, 0.4) is 0 Å². The van der Waals surface area contributed by atoms with E-state index in [0.29, 0.717) is 6.61 Å². The maximum absolute atomic E-state index is 6.13. The average molecular weight is 227 g/mol. The van der Waals surface area contributed by atoms with Gasteiger partial charge in [0.1, 0.15) is 0 Å². The summed E-state index contributed by atoms with van der Waals surface area (Å²) in [5.74, 6) is 0. The van der Waals surface area contributed by atoms with Gasteiger partial charge >= 0.3 is 0 Å². The zero-order valence-electron chi connectivity index (χ0n) is 7.92. The summed E-state index contributed by atoms with van der Waals surface area (Å²) in [7, 11) is 0. The van der Waals surface area contributed by atoms with Gasteiger partial charge in [0.2, 0.25) is 0 Å². The maximum Gasteiger partial charge on any atom is 0.0731 e. The van der Waals surface area contributed by atoms with Gasteiger partial charge in [0.25, 0.3) is 0 Å². The lowest BCUT2D eigenvalue weighted by atomic mass is 10.2. The number of hydrogen-bond donors (Lipinski definition) is 0. The number of halogens is 1. The van der Waals surface area contributed by atoms with Gasteiger partial charge in [-0.3, -0.25) is 0 Å². The van der Waals surface area contributed by atoms with E-state index in [1.54, 1.807) is 11.3 Å². The van der Waals surface area contributed by atoms with Crippen molar-refractivity contribution in [3.8, 4) is 0 Å². The van der Waals surface area contributed by atoms with Crippen LogP contribution in [0.15, 0.2) is 23.6 Å². The van der Waals surface area contributed by atoms with Crippen LogP contribution in [-0.4, -0.2) is 6.61 Å². The highest BCUT2D eigenvalue weighted by Gasteiger charge is 2.06. The molecule has 1 aromatic heterocycles. The molecule has 2 aromatic rings. The molecular formula is C11H11ClOS. The summed E-state index contributed by atoms with van der Waals surface area (Å²) < 4.78 is 6.62. The van der Waals surface area contributed by atoms with Crippen LogP contribution >= 0.6 is 22.9 Å². The molecule has 74 valence electrons. The van der Waals surface area contributed by atoms with E-state index >= 15 is 0 Å². The molecule has 0 amide bonds. The molecule has 0 unspecified atom stereocenters. The molecule has 14 heavy (non-hydrogen) atoms. The first-order chi connectivity index (χ1) is 6.83. The fourth-order valence-corrected chi connectivity index (χ4v) is 2.75. The van der Waals surface area contributed by atoms with Crippen LogP contribution in [0.5, 0.6) is 0 Å². The van der Waals surface area contributed by atoms with Crippen molar-refractivity contribution >= 4 is 33.0 Å². The van der Waals surface area contributed by atoms with Gasteiger partial charge in [-0.1, -0.05) is 17.7 Å². The van der Waals surface area contributed by atoms with E-state index < -0.39 is 0 Å². The second-order valence-corrected chi connectivity index (χ2v) is 4.33. The Morgan fingerprint density at radius 1 is 1.43 bits per heavy atom.